The number of primary amides is 1. The molecule has 3 heterocycles. The summed E-state index contributed by atoms with van der Waals surface area (Å²) in [6.07, 6.45) is 5.75. The van der Waals surface area contributed by atoms with Crippen LogP contribution in [0.2, 0.25) is 0 Å². The van der Waals surface area contributed by atoms with Crippen LogP contribution < -0.4 is 47.9 Å². The number of methoxy groups -OCH3 is 2. The van der Waals surface area contributed by atoms with Crippen LogP contribution in [0.3, 0.4) is 0 Å². The molecule has 9 N–H and O–H groups in total. The molecular formula is C88H121N13O16S. The lowest BCUT2D eigenvalue weighted by atomic mass is 9.88. The maximum Gasteiger partial charge on any atom is 0.410 e. The first-order valence-corrected chi connectivity index (χ1v) is 42.1. The summed E-state index contributed by atoms with van der Waals surface area (Å²) in [4.78, 5) is 162. The highest BCUT2D eigenvalue weighted by atomic mass is 32.1. The fraction of sp³-hybridized carbons (Fsp3) is 0.545. The van der Waals surface area contributed by atoms with Gasteiger partial charge in [0.2, 0.25) is 53.2 Å². The van der Waals surface area contributed by atoms with E-state index in [-0.39, 0.29) is 126 Å². The molecule has 3 aliphatic rings. The Labute approximate surface area is 697 Å². The lowest BCUT2D eigenvalue weighted by Crippen LogP contribution is -2.60. The van der Waals surface area contributed by atoms with Crippen LogP contribution in [0, 0.1) is 41.4 Å². The lowest BCUT2D eigenvalue weighted by Gasteiger charge is -2.41. The number of nitrogens with two attached hydrogens (primary N) is 1. The van der Waals surface area contributed by atoms with Crippen molar-refractivity contribution in [2.75, 3.05) is 84.6 Å². The van der Waals surface area contributed by atoms with E-state index in [9.17, 15) is 47.9 Å². The second-order valence-corrected chi connectivity index (χ2v) is 32.4. The number of hydrogen-bond acceptors (Lipinski definition) is 18. The number of para-hydroxylation sites is 1. The molecule has 640 valence electrons. The second-order valence-electron chi connectivity index (χ2n) is 31.5. The minimum atomic E-state index is -1.14. The van der Waals surface area contributed by atoms with Gasteiger partial charge in [0.05, 0.1) is 81.3 Å². The van der Waals surface area contributed by atoms with Crippen LogP contribution in [0.15, 0.2) is 115 Å². The van der Waals surface area contributed by atoms with Gasteiger partial charge in [-0.25, -0.2) is 14.6 Å². The smallest absolute Gasteiger partial charge is 0.410 e. The number of amides is 12. The molecule has 2 unspecified atom stereocenters. The third-order valence-electron chi connectivity index (χ3n) is 21.9. The first-order chi connectivity index (χ1) is 56.7. The van der Waals surface area contributed by atoms with E-state index in [0.29, 0.717) is 50.0 Å². The zero-order chi connectivity index (χ0) is 85.4. The number of ether oxygens (including phenoxy) is 5. The quantitative estimate of drug-likeness (QED) is 0.0133. The molecule has 10 atom stereocenters. The third kappa shape index (κ3) is 27.6. The van der Waals surface area contributed by atoms with E-state index in [4.69, 9.17) is 29.4 Å². The van der Waals surface area contributed by atoms with Crippen molar-refractivity contribution in [3.63, 3.8) is 0 Å². The van der Waals surface area contributed by atoms with Crippen molar-refractivity contribution in [1.29, 1.82) is 0 Å². The normalized spacial score (nSPS) is 16.1. The number of urea groups is 1. The Morgan fingerprint density at radius 3 is 1.97 bits per heavy atom. The molecule has 29 nitrogen and oxygen atoms in total. The van der Waals surface area contributed by atoms with Gasteiger partial charge >= 0.3 is 12.1 Å². The zero-order valence-corrected chi connectivity index (χ0v) is 70.9. The summed E-state index contributed by atoms with van der Waals surface area (Å²) in [7, 11) is 6.26. The molecule has 1 saturated heterocycles. The monoisotopic (exact) mass is 1650 g/mol. The highest BCUT2D eigenvalue weighted by molar-refractivity contribution is 7.09. The van der Waals surface area contributed by atoms with Crippen LogP contribution >= 0.6 is 11.3 Å². The topological polar surface area (TPSA) is 370 Å². The summed E-state index contributed by atoms with van der Waals surface area (Å²) < 4.78 is 29.4. The van der Waals surface area contributed by atoms with E-state index in [1.54, 1.807) is 94.1 Å². The number of anilines is 2. The summed E-state index contributed by atoms with van der Waals surface area (Å²) in [5.41, 5.74) is 10.5. The van der Waals surface area contributed by atoms with Crippen molar-refractivity contribution in [3.8, 4) is 11.8 Å². The molecule has 0 bridgehead atoms. The van der Waals surface area contributed by atoms with Gasteiger partial charge in [0, 0.05) is 95.6 Å². The van der Waals surface area contributed by atoms with Gasteiger partial charge in [-0.05, 0) is 122 Å². The Hall–Kier alpha value is -10.3. The molecule has 1 aliphatic carbocycles. The standard InChI is InChI=1S/C88H121N13O16S/c1-56(2)76(96-73(103)42-47-115-49-50-116-48-44-90-72(102)34-21-35-74(104)101-54-65-30-18-15-26-62(65)38-39-63-27-19-20-32-69(63)101)83(108)94-67(31-22-43-92-87(89)111)82(107)93-66-40-36-61(37-41-66)55-117-88(112)99(9)78(58(5)6)84(109)97-77(57(3)4)86(110)98(8)79(64-28-16-17-29-64)71(113-10)53-75(105)100-46-23-33-70(100)80(114-11)59(7)81(106)95-68(85-91-45-51-118-85)52-60-24-13-12-14-25-60/h12-15,18-20,24-27,30,32,36-37,40-41,45,51,56-59,64,67-68,70-71,76-80H,16-17,21-23,28-29,31,33-35,42-44,46-50,52-55H2,1-11H3,(H,90,102)(H,93,107)(H,94,108)(H,95,106)(H,96,103)(H,97,109)(H3,89,92,111)/t59-,67?,68?,70+,71-,76+,77+,78+,79+,80-/m1/s1. The van der Waals surface area contributed by atoms with E-state index < -0.39 is 108 Å². The summed E-state index contributed by atoms with van der Waals surface area (Å²) in [5.74, 6) is 1.13. The molecule has 8 rings (SSSR count). The fourth-order valence-electron chi connectivity index (χ4n) is 15.6. The predicted octanol–water partition coefficient (Wildman–Crippen LogP) is 8.71. The lowest BCUT2D eigenvalue weighted by molar-refractivity contribution is -0.148. The van der Waals surface area contributed by atoms with Crippen molar-refractivity contribution in [1.82, 2.24) is 51.6 Å². The number of likely N-dealkylation sites (N-methyl/N-ethyl adjacent to an activating group) is 2. The highest BCUT2D eigenvalue weighted by Gasteiger charge is 2.45. The predicted molar refractivity (Wildman–Crippen MR) is 449 cm³/mol. The number of fused-ring (bicyclic) bond motifs is 2. The van der Waals surface area contributed by atoms with E-state index in [2.05, 4.69) is 54.0 Å². The minimum Gasteiger partial charge on any atom is -0.445 e. The van der Waals surface area contributed by atoms with Crippen LogP contribution in [0.5, 0.6) is 0 Å². The van der Waals surface area contributed by atoms with Crippen LogP contribution in [0.1, 0.15) is 171 Å². The van der Waals surface area contributed by atoms with E-state index in [1.807, 2.05) is 105 Å². The molecule has 5 aromatic rings. The Morgan fingerprint density at radius 1 is 0.619 bits per heavy atom. The number of nitrogens with zero attached hydrogens (tertiary/aromatic N) is 5. The molecule has 30 heteroatoms. The number of thiazole rings is 1. The summed E-state index contributed by atoms with van der Waals surface area (Å²) >= 11 is 1.47. The number of nitrogens with one attached hydrogen (secondary N) is 7. The minimum absolute atomic E-state index is 0.0142. The number of hydrogen-bond donors (Lipinski definition) is 8. The Kier molecular flexibility index (Phi) is 37.4. The number of likely N-dealkylation sites (tertiary alicyclic amines) is 1. The second kappa shape index (κ2) is 47.3. The van der Waals surface area contributed by atoms with Crippen molar-refractivity contribution in [3.05, 3.63) is 148 Å². The van der Waals surface area contributed by atoms with E-state index in [0.717, 1.165) is 58.6 Å². The first-order valence-electron chi connectivity index (χ1n) is 41.2. The Balaban J connectivity index is 0.771. The average Bonchev–Trinajstić information content (AvgIpc) is 1.42. The van der Waals surface area contributed by atoms with Gasteiger partial charge in [-0.1, -0.05) is 146 Å². The van der Waals surface area contributed by atoms with Gasteiger partial charge in [0.25, 0.3) is 0 Å². The molecular weight excluding hydrogens is 1530 g/mol. The van der Waals surface area contributed by atoms with E-state index >= 15 is 4.79 Å². The number of benzene rings is 4. The van der Waals surface area contributed by atoms with Gasteiger partial charge in [-0.3, -0.25) is 48.1 Å². The SMILES string of the molecule is CO[C@H]([C@@H](C)C(=O)NC(Cc1ccccc1)c1nccs1)[C@@H]1CCCN1C(=O)C[C@@H](OC)[C@H](C1CCCC1)N(C)C(=O)[C@@H](NC(=O)[C@H](C(C)C)N(C)C(=O)OCc1ccc(NC(=O)C(CCCNC(N)=O)NC(=O)[C@@H](NC(=O)CCOCCOCCNC(=O)CCCC(=O)N2Cc3ccccc3C#Cc3ccccc32)C(C)C)cc1)C(C)C. The third-order valence-corrected chi connectivity index (χ3v) is 22.8. The van der Waals surface area contributed by atoms with Gasteiger partial charge in [0.15, 0.2) is 0 Å². The Bertz CT molecular complexity index is 4190. The van der Waals surface area contributed by atoms with Crippen molar-refractivity contribution < 1.29 is 76.4 Å². The maximum absolute atomic E-state index is 15.1. The summed E-state index contributed by atoms with van der Waals surface area (Å²) in [6, 6.07) is 25.2. The molecule has 1 saturated carbocycles. The molecule has 118 heavy (non-hydrogen) atoms. The molecule has 1 aromatic heterocycles. The molecule has 0 radical (unpaired) electrons. The summed E-state index contributed by atoms with van der Waals surface area (Å²) in [6.45, 7) is 14.0. The molecule has 2 aliphatic heterocycles. The average molecular weight is 1650 g/mol. The first kappa shape index (κ1) is 93.2. The van der Waals surface area contributed by atoms with Crippen LogP contribution in [-0.4, -0.2) is 208 Å². The number of carbonyl (C=O) groups is 11. The maximum atomic E-state index is 15.1. The van der Waals surface area contributed by atoms with Gasteiger partial charge in [-0.15, -0.1) is 11.3 Å². The summed E-state index contributed by atoms with van der Waals surface area (Å²) in [5, 5.41) is 22.5. The van der Waals surface area contributed by atoms with Crippen molar-refractivity contribution >= 4 is 88.0 Å². The molecule has 4 aromatic carbocycles. The van der Waals surface area contributed by atoms with Crippen molar-refractivity contribution in [2.45, 2.75) is 206 Å². The van der Waals surface area contributed by atoms with Crippen LogP contribution in [0.25, 0.3) is 0 Å². The molecule has 0 spiro atoms. The van der Waals surface area contributed by atoms with E-state index in [1.165, 1.54) is 23.3 Å². The van der Waals surface area contributed by atoms with Gasteiger partial charge < -0.3 is 81.3 Å². The number of aromatic nitrogens is 1. The zero-order valence-electron chi connectivity index (χ0n) is 70.1. The fourth-order valence-corrected chi connectivity index (χ4v) is 16.3. The molecule has 2 fully saturated rings. The largest absolute Gasteiger partial charge is 0.445 e. The van der Waals surface area contributed by atoms with Gasteiger partial charge in [-0.2, -0.15) is 0 Å². The number of carbonyl (C=O) groups excluding carboxylic acids is 11. The Morgan fingerprint density at radius 2 is 1.30 bits per heavy atom. The van der Waals surface area contributed by atoms with Crippen molar-refractivity contribution in [2.24, 2.45) is 35.3 Å². The van der Waals surface area contributed by atoms with Gasteiger partial charge in [0.1, 0.15) is 35.8 Å². The highest BCUT2D eigenvalue weighted by Crippen LogP contribution is 2.36. The number of rotatable bonds is 45. The molecule has 12 amide bonds. The van der Waals surface area contributed by atoms with Crippen LogP contribution in [-0.2, 0) is 86.4 Å². The van der Waals surface area contributed by atoms with Crippen LogP contribution in [0.4, 0.5) is 21.0 Å².